The van der Waals surface area contributed by atoms with E-state index in [1.54, 1.807) is 0 Å². The largest absolute Gasteiger partial charge is 0.311 e. The van der Waals surface area contributed by atoms with Gasteiger partial charge in [0.1, 0.15) is 4.90 Å². The highest BCUT2D eigenvalue weighted by molar-refractivity contribution is 7.89. The summed E-state index contributed by atoms with van der Waals surface area (Å²) in [5.74, 6) is -2.48. The van der Waals surface area contributed by atoms with Crippen molar-refractivity contribution in [3.8, 4) is 0 Å². The van der Waals surface area contributed by atoms with Crippen LogP contribution in [-0.4, -0.2) is 26.5 Å². The van der Waals surface area contributed by atoms with Crippen molar-refractivity contribution in [3.63, 3.8) is 0 Å². The Balaban J connectivity index is 0.00000161. The minimum Gasteiger partial charge on any atom is -0.311 e. The van der Waals surface area contributed by atoms with Crippen LogP contribution in [0.25, 0.3) is 0 Å². The Labute approximate surface area is 128 Å². The van der Waals surface area contributed by atoms with Gasteiger partial charge in [0.05, 0.1) is 0 Å². The van der Waals surface area contributed by atoms with E-state index in [1.807, 2.05) is 0 Å². The highest BCUT2D eigenvalue weighted by Crippen LogP contribution is 2.28. The Hall–Kier alpha value is -0.760. The lowest BCUT2D eigenvalue weighted by Gasteiger charge is -2.29. The number of sulfonamides is 1. The molecular weight excluding hydrogens is 322 g/mol. The van der Waals surface area contributed by atoms with Crippen LogP contribution in [0.2, 0.25) is 0 Å². The number of nitrogens with one attached hydrogen (secondary N) is 2. The first-order chi connectivity index (χ1) is 9.45. The van der Waals surface area contributed by atoms with E-state index in [1.165, 1.54) is 6.07 Å². The first kappa shape index (κ1) is 16.6. The molecule has 1 aromatic carbocycles. The number of fused-ring (bicyclic) bond motifs is 2. The van der Waals surface area contributed by atoms with Gasteiger partial charge in [0.25, 0.3) is 0 Å². The van der Waals surface area contributed by atoms with Gasteiger partial charge in [0, 0.05) is 18.1 Å². The van der Waals surface area contributed by atoms with Crippen LogP contribution in [0, 0.1) is 11.6 Å². The molecule has 2 aliphatic rings. The second-order valence-corrected chi connectivity index (χ2v) is 7.16. The van der Waals surface area contributed by atoms with E-state index in [-0.39, 0.29) is 18.4 Å². The average molecular weight is 339 g/mol. The molecule has 0 radical (unpaired) electrons. The number of halogens is 3. The first-order valence-corrected chi connectivity index (χ1v) is 8.16. The molecule has 2 bridgehead atoms. The predicted molar refractivity (Wildman–Crippen MR) is 76.9 cm³/mol. The van der Waals surface area contributed by atoms with E-state index < -0.39 is 26.6 Å². The summed E-state index contributed by atoms with van der Waals surface area (Å²) < 4.78 is 53.6. The summed E-state index contributed by atoms with van der Waals surface area (Å²) in [5.41, 5.74) is 0. The Kier molecular flexibility index (Phi) is 4.87. The van der Waals surface area contributed by atoms with E-state index >= 15 is 0 Å². The summed E-state index contributed by atoms with van der Waals surface area (Å²) in [4.78, 5) is -0.622. The lowest BCUT2D eigenvalue weighted by Crippen LogP contribution is -2.48. The molecular formula is C13H17ClF2N2O2S. The van der Waals surface area contributed by atoms with Crippen molar-refractivity contribution < 1.29 is 17.2 Å². The van der Waals surface area contributed by atoms with Crippen LogP contribution in [0.5, 0.6) is 0 Å². The molecule has 2 aliphatic heterocycles. The zero-order valence-corrected chi connectivity index (χ0v) is 12.8. The molecule has 2 atom stereocenters. The van der Waals surface area contributed by atoms with Gasteiger partial charge in [-0.05, 0) is 37.8 Å². The molecule has 0 aromatic heterocycles. The van der Waals surface area contributed by atoms with E-state index in [0.717, 1.165) is 25.0 Å². The van der Waals surface area contributed by atoms with Crippen LogP contribution >= 0.6 is 12.4 Å². The lowest BCUT2D eigenvalue weighted by atomic mass is 10.0. The van der Waals surface area contributed by atoms with E-state index in [4.69, 9.17) is 0 Å². The number of hydrogen-bond acceptors (Lipinski definition) is 3. The van der Waals surface area contributed by atoms with Crippen molar-refractivity contribution in [1.29, 1.82) is 0 Å². The van der Waals surface area contributed by atoms with Crippen molar-refractivity contribution in [2.45, 2.75) is 48.7 Å². The average Bonchev–Trinajstić information content (AvgIpc) is 2.71. The SMILES string of the molecule is Cl.O=S(=O)(NC1CC2CCC(C1)N2)c1cccc(F)c1F. The third-order valence-corrected chi connectivity index (χ3v) is 5.54. The molecule has 2 N–H and O–H groups in total. The molecule has 3 rings (SSSR count). The summed E-state index contributed by atoms with van der Waals surface area (Å²) >= 11 is 0. The van der Waals surface area contributed by atoms with Crippen molar-refractivity contribution >= 4 is 22.4 Å². The Bertz CT molecular complexity index is 615. The van der Waals surface area contributed by atoms with Crippen molar-refractivity contribution in [2.24, 2.45) is 0 Å². The Morgan fingerprint density at radius 1 is 1.14 bits per heavy atom. The third kappa shape index (κ3) is 3.36. The molecule has 0 saturated carbocycles. The maximum atomic E-state index is 13.6. The van der Waals surface area contributed by atoms with Gasteiger partial charge in [-0.3, -0.25) is 0 Å². The van der Waals surface area contributed by atoms with E-state index in [2.05, 4.69) is 10.0 Å². The molecule has 4 nitrogen and oxygen atoms in total. The lowest BCUT2D eigenvalue weighted by molar-refractivity contribution is 0.344. The number of hydrogen-bond donors (Lipinski definition) is 2. The maximum Gasteiger partial charge on any atom is 0.243 e. The zero-order chi connectivity index (χ0) is 14.3. The smallest absolute Gasteiger partial charge is 0.243 e. The number of rotatable bonds is 3. The van der Waals surface area contributed by atoms with E-state index in [9.17, 15) is 17.2 Å². The van der Waals surface area contributed by atoms with Crippen LogP contribution in [-0.2, 0) is 10.0 Å². The van der Waals surface area contributed by atoms with Crippen LogP contribution in [0.3, 0.4) is 0 Å². The monoisotopic (exact) mass is 338 g/mol. The topological polar surface area (TPSA) is 58.2 Å². The molecule has 2 fully saturated rings. The highest BCUT2D eigenvalue weighted by atomic mass is 35.5. The van der Waals surface area contributed by atoms with Crippen molar-refractivity contribution in [3.05, 3.63) is 29.8 Å². The maximum absolute atomic E-state index is 13.6. The van der Waals surface area contributed by atoms with Gasteiger partial charge in [-0.15, -0.1) is 12.4 Å². The molecule has 8 heteroatoms. The quantitative estimate of drug-likeness (QED) is 0.885. The summed E-state index contributed by atoms with van der Waals surface area (Å²) in [6.45, 7) is 0. The summed E-state index contributed by atoms with van der Waals surface area (Å²) in [6, 6.07) is 3.59. The normalized spacial score (nSPS) is 28.2. The van der Waals surface area contributed by atoms with Gasteiger partial charge >= 0.3 is 0 Å². The standard InChI is InChI=1S/C13H16F2N2O2S.ClH/c14-11-2-1-3-12(13(11)15)20(18,19)17-10-6-8-4-5-9(7-10)16-8;/h1-3,8-10,16-17H,4-7H2;1H. The minimum atomic E-state index is -4.02. The van der Waals surface area contributed by atoms with Gasteiger partial charge in [-0.1, -0.05) is 6.07 Å². The molecule has 0 amide bonds. The highest BCUT2D eigenvalue weighted by Gasteiger charge is 2.36. The summed E-state index contributed by atoms with van der Waals surface area (Å²) in [7, 11) is -4.02. The number of benzene rings is 1. The fraction of sp³-hybridized carbons (Fsp3) is 0.538. The fourth-order valence-corrected chi connectivity index (χ4v) is 4.48. The van der Waals surface area contributed by atoms with E-state index in [0.29, 0.717) is 24.9 Å². The Morgan fingerprint density at radius 3 is 2.38 bits per heavy atom. The van der Waals surface area contributed by atoms with Crippen LogP contribution in [0.4, 0.5) is 8.78 Å². The predicted octanol–water partition coefficient (Wildman–Crippen LogP) is 1.95. The van der Waals surface area contributed by atoms with Gasteiger partial charge in [0.15, 0.2) is 11.6 Å². The zero-order valence-electron chi connectivity index (χ0n) is 11.2. The first-order valence-electron chi connectivity index (χ1n) is 6.68. The molecule has 2 unspecified atom stereocenters. The van der Waals surface area contributed by atoms with Crippen molar-refractivity contribution in [1.82, 2.24) is 10.0 Å². The minimum absolute atomic E-state index is 0. The van der Waals surface area contributed by atoms with Crippen LogP contribution in [0.15, 0.2) is 23.1 Å². The van der Waals surface area contributed by atoms with Gasteiger partial charge in [0.2, 0.25) is 10.0 Å². The summed E-state index contributed by atoms with van der Waals surface area (Å²) in [6.07, 6.45) is 3.45. The second kappa shape index (κ2) is 6.16. The molecule has 1 aromatic rings. The molecule has 0 spiro atoms. The van der Waals surface area contributed by atoms with Crippen LogP contribution < -0.4 is 10.0 Å². The molecule has 2 heterocycles. The van der Waals surface area contributed by atoms with Crippen molar-refractivity contribution in [2.75, 3.05) is 0 Å². The Morgan fingerprint density at radius 2 is 1.76 bits per heavy atom. The second-order valence-electron chi connectivity index (χ2n) is 5.48. The number of piperidine rings is 1. The fourth-order valence-electron chi connectivity index (χ4n) is 3.13. The van der Waals surface area contributed by atoms with Gasteiger partial charge in [-0.25, -0.2) is 21.9 Å². The molecule has 118 valence electrons. The van der Waals surface area contributed by atoms with Gasteiger partial charge in [-0.2, -0.15) is 0 Å². The van der Waals surface area contributed by atoms with Gasteiger partial charge < -0.3 is 5.32 Å². The van der Waals surface area contributed by atoms with Crippen LogP contribution in [0.1, 0.15) is 25.7 Å². The molecule has 21 heavy (non-hydrogen) atoms. The third-order valence-electron chi connectivity index (χ3n) is 4.00. The molecule has 0 aliphatic carbocycles. The summed E-state index contributed by atoms with van der Waals surface area (Å²) in [5, 5.41) is 3.40. The molecule has 2 saturated heterocycles.